The van der Waals surface area contributed by atoms with Crippen molar-refractivity contribution in [2.45, 2.75) is 32.2 Å². The minimum Gasteiger partial charge on any atom is -0.482 e. The summed E-state index contributed by atoms with van der Waals surface area (Å²) in [6.07, 6.45) is 4.16. The fraction of sp³-hybridized carbons (Fsp3) is 0.360. The molecule has 0 bridgehead atoms. The van der Waals surface area contributed by atoms with Gasteiger partial charge in [-0.25, -0.2) is 0 Å². The van der Waals surface area contributed by atoms with E-state index < -0.39 is 0 Å². The van der Waals surface area contributed by atoms with Gasteiger partial charge in [0.2, 0.25) is 0 Å². The average molecular weight is 467 g/mol. The minimum atomic E-state index is -0.0279. The normalized spacial score (nSPS) is 16.0. The SMILES string of the molecule is O=C(COc1cc(-c2ccccc2)sc1C(=O)N1CCc2sccc2C1)N1CCCCC1. The van der Waals surface area contributed by atoms with Gasteiger partial charge in [-0.05, 0) is 54.3 Å². The number of amides is 2. The Bertz CT molecular complexity index is 1100. The molecule has 1 fully saturated rings. The molecule has 166 valence electrons. The van der Waals surface area contributed by atoms with Crippen LogP contribution in [0.4, 0.5) is 0 Å². The number of thiophene rings is 2. The molecule has 0 unspecified atom stereocenters. The van der Waals surface area contributed by atoms with Crippen LogP contribution in [0.25, 0.3) is 10.4 Å². The Morgan fingerprint density at radius 2 is 1.78 bits per heavy atom. The van der Waals surface area contributed by atoms with Crippen molar-refractivity contribution in [1.29, 1.82) is 0 Å². The second-order valence-electron chi connectivity index (χ2n) is 8.25. The van der Waals surface area contributed by atoms with Gasteiger partial charge in [-0.1, -0.05) is 30.3 Å². The van der Waals surface area contributed by atoms with E-state index in [2.05, 4.69) is 11.4 Å². The molecule has 1 saturated heterocycles. The van der Waals surface area contributed by atoms with Crippen LogP contribution in [0.1, 0.15) is 39.4 Å². The Morgan fingerprint density at radius 3 is 2.59 bits per heavy atom. The molecular formula is C25H26N2O3S2. The van der Waals surface area contributed by atoms with Crippen molar-refractivity contribution in [2.24, 2.45) is 0 Å². The number of benzene rings is 1. The van der Waals surface area contributed by atoms with Gasteiger partial charge >= 0.3 is 0 Å². The summed E-state index contributed by atoms with van der Waals surface area (Å²) in [5, 5.41) is 2.10. The molecule has 32 heavy (non-hydrogen) atoms. The van der Waals surface area contributed by atoms with Gasteiger partial charge in [-0.15, -0.1) is 22.7 Å². The number of fused-ring (bicyclic) bond motifs is 1. The van der Waals surface area contributed by atoms with Crippen LogP contribution in [0.15, 0.2) is 47.8 Å². The minimum absolute atomic E-state index is 0.00329. The topological polar surface area (TPSA) is 49.9 Å². The van der Waals surface area contributed by atoms with Crippen molar-refractivity contribution in [1.82, 2.24) is 9.80 Å². The highest BCUT2D eigenvalue weighted by molar-refractivity contribution is 7.17. The Balaban J connectivity index is 1.38. The molecule has 2 amide bonds. The summed E-state index contributed by atoms with van der Waals surface area (Å²) < 4.78 is 5.99. The number of carbonyl (C=O) groups excluding carboxylic acids is 2. The number of ether oxygens (including phenoxy) is 1. The first-order chi connectivity index (χ1) is 15.7. The van der Waals surface area contributed by atoms with Gasteiger partial charge in [0.15, 0.2) is 6.61 Å². The van der Waals surface area contributed by atoms with Crippen LogP contribution < -0.4 is 4.74 Å². The highest BCUT2D eigenvalue weighted by atomic mass is 32.1. The highest BCUT2D eigenvalue weighted by Crippen LogP contribution is 2.38. The number of hydrogen-bond donors (Lipinski definition) is 0. The first-order valence-corrected chi connectivity index (χ1v) is 12.8. The van der Waals surface area contributed by atoms with Crippen LogP contribution in [0.5, 0.6) is 5.75 Å². The molecule has 0 saturated carbocycles. The largest absolute Gasteiger partial charge is 0.482 e. The van der Waals surface area contributed by atoms with Gasteiger partial charge in [-0.3, -0.25) is 9.59 Å². The van der Waals surface area contributed by atoms with E-state index in [0.717, 1.165) is 42.8 Å². The van der Waals surface area contributed by atoms with Gasteiger partial charge in [0.05, 0.1) is 0 Å². The van der Waals surface area contributed by atoms with Crippen LogP contribution in [-0.2, 0) is 17.8 Å². The molecule has 0 radical (unpaired) electrons. The van der Waals surface area contributed by atoms with Crippen LogP contribution in [-0.4, -0.2) is 47.9 Å². The maximum atomic E-state index is 13.5. The maximum absolute atomic E-state index is 13.5. The Morgan fingerprint density at radius 1 is 0.969 bits per heavy atom. The fourth-order valence-electron chi connectivity index (χ4n) is 4.31. The van der Waals surface area contributed by atoms with E-state index >= 15 is 0 Å². The molecule has 1 aromatic carbocycles. The Hall–Kier alpha value is -2.64. The number of nitrogens with zero attached hydrogens (tertiary/aromatic N) is 2. The highest BCUT2D eigenvalue weighted by Gasteiger charge is 2.28. The standard InChI is InChI=1S/C25H26N2O3S2/c28-23(26-11-5-2-6-12-26)17-30-20-15-22(18-7-3-1-4-8-18)32-24(20)25(29)27-13-9-21-19(16-27)10-14-31-21/h1,3-4,7-8,10,14-15H,2,5-6,9,11-13,16-17H2. The number of rotatable bonds is 5. The van der Waals surface area contributed by atoms with Crippen molar-refractivity contribution >= 4 is 34.5 Å². The summed E-state index contributed by atoms with van der Waals surface area (Å²) in [7, 11) is 0. The van der Waals surface area contributed by atoms with Crippen molar-refractivity contribution < 1.29 is 14.3 Å². The number of carbonyl (C=O) groups is 2. The molecule has 0 atom stereocenters. The van der Waals surface area contributed by atoms with Gasteiger partial charge in [0.1, 0.15) is 10.6 Å². The first kappa shape index (κ1) is 21.2. The van der Waals surface area contributed by atoms with Crippen LogP contribution >= 0.6 is 22.7 Å². The summed E-state index contributed by atoms with van der Waals surface area (Å²) in [6, 6.07) is 14.0. The number of hydrogen-bond acceptors (Lipinski definition) is 5. The van der Waals surface area contributed by atoms with E-state index in [1.54, 1.807) is 11.3 Å². The summed E-state index contributed by atoms with van der Waals surface area (Å²) in [6.45, 7) is 2.90. The van der Waals surface area contributed by atoms with Crippen molar-refractivity contribution in [3.8, 4) is 16.2 Å². The molecule has 2 aliphatic heterocycles. The van der Waals surface area contributed by atoms with E-state index in [1.165, 1.54) is 28.2 Å². The molecule has 2 aromatic heterocycles. The van der Waals surface area contributed by atoms with E-state index in [9.17, 15) is 9.59 Å². The summed E-state index contributed by atoms with van der Waals surface area (Å²) in [4.78, 5) is 32.8. The van der Waals surface area contributed by atoms with E-state index in [1.807, 2.05) is 46.2 Å². The molecule has 2 aliphatic rings. The van der Waals surface area contributed by atoms with Gasteiger partial charge in [0, 0.05) is 35.9 Å². The molecule has 7 heteroatoms. The third-order valence-electron chi connectivity index (χ3n) is 6.11. The average Bonchev–Trinajstić information content (AvgIpc) is 3.50. The number of likely N-dealkylation sites (tertiary alicyclic amines) is 1. The lowest BCUT2D eigenvalue weighted by Gasteiger charge is -2.27. The van der Waals surface area contributed by atoms with Gasteiger partial charge in [0.25, 0.3) is 11.8 Å². The summed E-state index contributed by atoms with van der Waals surface area (Å²) >= 11 is 3.21. The van der Waals surface area contributed by atoms with Crippen LogP contribution in [0.2, 0.25) is 0 Å². The summed E-state index contributed by atoms with van der Waals surface area (Å²) in [5.74, 6) is 0.492. The van der Waals surface area contributed by atoms with Crippen LogP contribution in [0, 0.1) is 0 Å². The molecule has 3 aromatic rings. The van der Waals surface area contributed by atoms with E-state index in [4.69, 9.17) is 4.74 Å². The third kappa shape index (κ3) is 4.45. The lowest BCUT2D eigenvalue weighted by molar-refractivity contribution is -0.134. The van der Waals surface area contributed by atoms with E-state index in [-0.39, 0.29) is 18.4 Å². The van der Waals surface area contributed by atoms with E-state index in [0.29, 0.717) is 23.7 Å². The molecule has 0 spiro atoms. The third-order valence-corrected chi connectivity index (χ3v) is 8.28. The molecule has 4 heterocycles. The first-order valence-electron chi connectivity index (χ1n) is 11.1. The Kier molecular flexibility index (Phi) is 6.28. The monoisotopic (exact) mass is 466 g/mol. The van der Waals surface area contributed by atoms with Crippen molar-refractivity contribution in [2.75, 3.05) is 26.2 Å². The lowest BCUT2D eigenvalue weighted by Crippen LogP contribution is -2.39. The fourth-order valence-corrected chi connectivity index (χ4v) is 6.28. The zero-order valence-corrected chi connectivity index (χ0v) is 19.6. The lowest BCUT2D eigenvalue weighted by atomic mass is 10.1. The number of piperidine rings is 1. The maximum Gasteiger partial charge on any atom is 0.268 e. The van der Waals surface area contributed by atoms with Crippen molar-refractivity contribution in [3.63, 3.8) is 0 Å². The second-order valence-corrected chi connectivity index (χ2v) is 10.3. The summed E-state index contributed by atoms with van der Waals surface area (Å²) in [5.41, 5.74) is 2.28. The zero-order chi connectivity index (χ0) is 21.9. The van der Waals surface area contributed by atoms with Crippen molar-refractivity contribution in [3.05, 3.63) is 63.2 Å². The Labute approximate surface area is 196 Å². The zero-order valence-electron chi connectivity index (χ0n) is 17.9. The molecule has 5 rings (SSSR count). The molecular weight excluding hydrogens is 440 g/mol. The van der Waals surface area contributed by atoms with Gasteiger partial charge < -0.3 is 14.5 Å². The second kappa shape index (κ2) is 9.46. The predicted octanol–water partition coefficient (Wildman–Crippen LogP) is 5.07. The molecule has 0 N–H and O–H groups in total. The molecule has 5 nitrogen and oxygen atoms in total. The molecule has 0 aliphatic carbocycles. The van der Waals surface area contributed by atoms with Crippen LogP contribution in [0.3, 0.4) is 0 Å². The smallest absolute Gasteiger partial charge is 0.268 e. The quantitative estimate of drug-likeness (QED) is 0.528. The van der Waals surface area contributed by atoms with Gasteiger partial charge in [-0.2, -0.15) is 0 Å². The predicted molar refractivity (Wildman–Crippen MR) is 128 cm³/mol.